The predicted molar refractivity (Wildman–Crippen MR) is 84.8 cm³/mol. The van der Waals surface area contributed by atoms with Crippen molar-refractivity contribution in [2.24, 2.45) is 0 Å². The van der Waals surface area contributed by atoms with Gasteiger partial charge < -0.3 is 9.26 Å². The van der Waals surface area contributed by atoms with Crippen LogP contribution in [0, 0.1) is 0 Å². The van der Waals surface area contributed by atoms with Gasteiger partial charge in [-0.1, -0.05) is 29.4 Å². The zero-order valence-electron chi connectivity index (χ0n) is 12.3. The molecule has 4 rings (SSSR count). The van der Waals surface area contributed by atoms with Crippen molar-refractivity contribution >= 4 is 11.0 Å². The average molecular weight is 304 g/mol. The van der Waals surface area contributed by atoms with E-state index in [1.54, 1.807) is 13.3 Å². The van der Waals surface area contributed by atoms with Gasteiger partial charge in [-0.05, 0) is 24.3 Å². The van der Waals surface area contributed by atoms with E-state index in [1.165, 1.54) is 0 Å². The van der Waals surface area contributed by atoms with E-state index < -0.39 is 0 Å². The summed E-state index contributed by atoms with van der Waals surface area (Å²) in [5.74, 6) is 1.55. The van der Waals surface area contributed by atoms with Gasteiger partial charge in [-0.15, -0.1) is 0 Å². The number of hydrogen-bond acceptors (Lipinski definition) is 6. The summed E-state index contributed by atoms with van der Waals surface area (Å²) in [6.45, 7) is 0. The summed E-state index contributed by atoms with van der Waals surface area (Å²) in [5.41, 5.74) is 2.97. The Kier molecular flexibility index (Phi) is 3.20. The van der Waals surface area contributed by atoms with E-state index in [4.69, 9.17) is 9.26 Å². The van der Waals surface area contributed by atoms with Crippen LogP contribution >= 0.6 is 0 Å². The first-order valence-electron chi connectivity index (χ1n) is 7.04. The van der Waals surface area contributed by atoms with Crippen molar-refractivity contribution in [1.29, 1.82) is 0 Å². The third-order valence-electron chi connectivity index (χ3n) is 3.42. The van der Waals surface area contributed by atoms with Crippen LogP contribution in [0.2, 0.25) is 0 Å². The smallest absolute Gasteiger partial charge is 0.278 e. The molecule has 23 heavy (non-hydrogen) atoms. The number of aromatic nitrogens is 4. The average Bonchev–Trinajstić information content (AvgIpc) is 3.11. The lowest BCUT2D eigenvalue weighted by Crippen LogP contribution is -1.89. The van der Waals surface area contributed by atoms with Gasteiger partial charge in [-0.25, -0.2) is 4.98 Å². The Hall–Kier alpha value is -3.28. The number of rotatable bonds is 3. The molecule has 4 aromatic rings. The summed E-state index contributed by atoms with van der Waals surface area (Å²) < 4.78 is 10.5. The van der Waals surface area contributed by atoms with Crippen LogP contribution < -0.4 is 4.74 Å². The molecule has 0 fully saturated rings. The molecule has 6 heteroatoms. The van der Waals surface area contributed by atoms with Crippen LogP contribution in [0.15, 0.2) is 59.3 Å². The maximum atomic E-state index is 5.32. The second kappa shape index (κ2) is 5.49. The maximum Gasteiger partial charge on any atom is 0.278 e. The molecule has 0 aliphatic rings. The van der Waals surface area contributed by atoms with Gasteiger partial charge in [0.05, 0.1) is 24.3 Å². The van der Waals surface area contributed by atoms with Gasteiger partial charge in [0, 0.05) is 5.56 Å². The van der Waals surface area contributed by atoms with Crippen LogP contribution in [-0.4, -0.2) is 27.2 Å². The number of fused-ring (bicyclic) bond motifs is 1. The minimum atomic E-state index is 0.334. The quantitative estimate of drug-likeness (QED) is 0.578. The molecule has 0 aliphatic heterocycles. The van der Waals surface area contributed by atoms with Crippen molar-refractivity contribution in [3.63, 3.8) is 0 Å². The molecule has 0 radical (unpaired) electrons. The lowest BCUT2D eigenvalue weighted by Gasteiger charge is -2.00. The van der Waals surface area contributed by atoms with E-state index in [-0.39, 0.29) is 0 Å². The molecular weight excluding hydrogens is 292 g/mol. The summed E-state index contributed by atoms with van der Waals surface area (Å²) in [6, 6.07) is 15.1. The molecule has 6 nitrogen and oxygen atoms in total. The molecule has 0 aliphatic carbocycles. The fourth-order valence-electron chi connectivity index (χ4n) is 2.27. The van der Waals surface area contributed by atoms with E-state index >= 15 is 0 Å². The summed E-state index contributed by atoms with van der Waals surface area (Å²) in [4.78, 5) is 13.3. The molecule has 0 atom stereocenters. The highest BCUT2D eigenvalue weighted by molar-refractivity contribution is 5.75. The number of nitrogens with zero attached hydrogens (tertiary/aromatic N) is 4. The Morgan fingerprint density at radius 2 is 1.83 bits per heavy atom. The summed E-state index contributed by atoms with van der Waals surface area (Å²) >= 11 is 0. The number of methoxy groups -OCH3 is 1. The monoisotopic (exact) mass is 304 g/mol. The SMILES string of the molecule is COc1cccc(-c2noc(-c3cnc4ccccc4n3)n2)c1. The molecule has 0 saturated carbocycles. The molecular formula is C17H12N4O2. The molecule has 2 heterocycles. The third-order valence-corrected chi connectivity index (χ3v) is 3.42. The van der Waals surface area contributed by atoms with Gasteiger partial charge in [0.1, 0.15) is 11.4 Å². The Bertz CT molecular complexity index is 981. The highest BCUT2D eigenvalue weighted by atomic mass is 16.5. The van der Waals surface area contributed by atoms with Crippen molar-refractivity contribution in [2.75, 3.05) is 7.11 Å². The first kappa shape index (κ1) is 13.4. The number of benzene rings is 2. The molecule has 0 saturated heterocycles. The van der Waals surface area contributed by atoms with Crippen molar-refractivity contribution < 1.29 is 9.26 Å². The normalized spacial score (nSPS) is 10.8. The molecule has 0 amide bonds. The van der Waals surface area contributed by atoms with Crippen LogP contribution in [0.3, 0.4) is 0 Å². The summed E-state index contributed by atoms with van der Waals surface area (Å²) in [6.07, 6.45) is 1.63. The van der Waals surface area contributed by atoms with Crippen LogP contribution in [0.4, 0.5) is 0 Å². The minimum absolute atomic E-state index is 0.334. The second-order valence-corrected chi connectivity index (χ2v) is 4.90. The molecule has 2 aromatic heterocycles. The van der Waals surface area contributed by atoms with Crippen molar-refractivity contribution in [3.8, 4) is 28.7 Å². The first-order chi connectivity index (χ1) is 11.3. The summed E-state index contributed by atoms with van der Waals surface area (Å²) in [5, 5.41) is 4.01. The standard InChI is InChI=1S/C17H12N4O2/c1-22-12-6-4-5-11(9-12)16-20-17(23-21-16)15-10-18-13-7-2-3-8-14(13)19-15/h2-10H,1H3. The molecule has 0 spiro atoms. The lowest BCUT2D eigenvalue weighted by atomic mass is 10.2. The van der Waals surface area contributed by atoms with Gasteiger partial charge >= 0.3 is 0 Å². The second-order valence-electron chi connectivity index (χ2n) is 4.90. The molecule has 0 N–H and O–H groups in total. The van der Waals surface area contributed by atoms with Crippen molar-refractivity contribution in [3.05, 3.63) is 54.7 Å². The van der Waals surface area contributed by atoms with Gasteiger partial charge in [0.2, 0.25) is 5.82 Å². The zero-order valence-corrected chi connectivity index (χ0v) is 12.3. The number of ether oxygens (including phenoxy) is 1. The molecule has 112 valence electrons. The Morgan fingerprint density at radius 1 is 0.957 bits per heavy atom. The van der Waals surface area contributed by atoms with Crippen LogP contribution in [0.1, 0.15) is 0 Å². The van der Waals surface area contributed by atoms with Gasteiger partial charge in [0.25, 0.3) is 5.89 Å². The zero-order chi connectivity index (χ0) is 15.6. The number of para-hydroxylation sites is 2. The first-order valence-corrected chi connectivity index (χ1v) is 7.04. The van der Waals surface area contributed by atoms with Gasteiger partial charge in [0.15, 0.2) is 0 Å². The highest BCUT2D eigenvalue weighted by Gasteiger charge is 2.13. The maximum absolute atomic E-state index is 5.32. The fourth-order valence-corrected chi connectivity index (χ4v) is 2.27. The number of hydrogen-bond donors (Lipinski definition) is 0. The summed E-state index contributed by atoms with van der Waals surface area (Å²) in [7, 11) is 1.62. The molecule has 2 aromatic carbocycles. The van der Waals surface area contributed by atoms with Gasteiger partial charge in [-0.3, -0.25) is 4.98 Å². The Morgan fingerprint density at radius 3 is 2.70 bits per heavy atom. The van der Waals surface area contributed by atoms with Gasteiger partial charge in [-0.2, -0.15) is 4.98 Å². The highest BCUT2D eigenvalue weighted by Crippen LogP contribution is 2.24. The van der Waals surface area contributed by atoms with E-state index in [0.29, 0.717) is 17.4 Å². The Labute approximate surface area is 131 Å². The topological polar surface area (TPSA) is 73.9 Å². The lowest BCUT2D eigenvalue weighted by molar-refractivity contribution is 0.414. The van der Waals surface area contributed by atoms with E-state index in [1.807, 2.05) is 48.5 Å². The minimum Gasteiger partial charge on any atom is -0.497 e. The predicted octanol–water partition coefficient (Wildman–Crippen LogP) is 3.36. The Balaban J connectivity index is 1.73. The van der Waals surface area contributed by atoms with Crippen LogP contribution in [0.25, 0.3) is 34.0 Å². The van der Waals surface area contributed by atoms with E-state index in [2.05, 4.69) is 20.1 Å². The van der Waals surface area contributed by atoms with E-state index in [0.717, 1.165) is 22.3 Å². The third kappa shape index (κ3) is 2.50. The molecule has 0 unspecified atom stereocenters. The van der Waals surface area contributed by atoms with E-state index in [9.17, 15) is 0 Å². The van der Waals surface area contributed by atoms with Crippen molar-refractivity contribution in [2.45, 2.75) is 0 Å². The van der Waals surface area contributed by atoms with Crippen molar-refractivity contribution in [1.82, 2.24) is 20.1 Å². The largest absolute Gasteiger partial charge is 0.497 e. The van der Waals surface area contributed by atoms with Crippen LogP contribution in [0.5, 0.6) is 5.75 Å². The molecule has 0 bridgehead atoms. The van der Waals surface area contributed by atoms with Crippen LogP contribution in [-0.2, 0) is 0 Å². The fraction of sp³-hybridized carbons (Fsp3) is 0.0588.